The zero-order valence-electron chi connectivity index (χ0n) is 18.9. The molecule has 6 nitrogen and oxygen atoms in total. The maximum absolute atomic E-state index is 13.9. The summed E-state index contributed by atoms with van der Waals surface area (Å²) in [7, 11) is 3.16. The van der Waals surface area contributed by atoms with Crippen molar-refractivity contribution in [2.24, 2.45) is 0 Å². The molecule has 1 atom stereocenters. The number of anilines is 1. The average molecular weight is 474 g/mol. The minimum absolute atomic E-state index is 0.254. The van der Waals surface area contributed by atoms with E-state index in [9.17, 15) is 4.79 Å². The molecule has 1 N–H and O–H groups in total. The quantitative estimate of drug-likeness (QED) is 0.379. The van der Waals surface area contributed by atoms with Crippen molar-refractivity contribution in [3.8, 4) is 17.2 Å². The number of hydrogen-bond acceptors (Lipinski definition) is 3. The molecule has 172 valence electrons. The minimum atomic E-state index is -0.337. The Kier molecular flexibility index (Phi) is 5.90. The van der Waals surface area contributed by atoms with Gasteiger partial charge in [0.1, 0.15) is 11.5 Å². The van der Waals surface area contributed by atoms with Crippen LogP contribution in [0, 0.1) is 0 Å². The van der Waals surface area contributed by atoms with Gasteiger partial charge in [0.2, 0.25) is 0 Å². The molecule has 2 heterocycles. The van der Waals surface area contributed by atoms with Gasteiger partial charge in [-0.2, -0.15) is 0 Å². The van der Waals surface area contributed by atoms with Crippen LogP contribution < -0.4 is 14.8 Å². The van der Waals surface area contributed by atoms with E-state index < -0.39 is 0 Å². The van der Waals surface area contributed by atoms with Gasteiger partial charge in [0.05, 0.1) is 38.2 Å². The van der Waals surface area contributed by atoms with Gasteiger partial charge in [0, 0.05) is 23.0 Å². The first-order chi connectivity index (χ1) is 16.6. The normalized spacial score (nSPS) is 14.6. The number of nitrogens with zero attached hydrogens (tertiary/aromatic N) is 2. The van der Waals surface area contributed by atoms with Crippen LogP contribution in [0.15, 0.2) is 85.1 Å². The molecule has 5 rings (SSSR count). The number of methoxy groups -OCH3 is 2. The molecule has 0 fully saturated rings. The lowest BCUT2D eigenvalue weighted by molar-refractivity contribution is 0.194. The first kappa shape index (κ1) is 21.9. The zero-order chi connectivity index (χ0) is 23.7. The fraction of sp³-hybridized carbons (Fsp3) is 0.148. The summed E-state index contributed by atoms with van der Waals surface area (Å²) in [5.41, 5.74) is 4.58. The van der Waals surface area contributed by atoms with Crippen LogP contribution in [0.3, 0.4) is 0 Å². The molecule has 1 aliphatic heterocycles. The lowest BCUT2D eigenvalue weighted by Crippen LogP contribution is -2.38. The number of benzene rings is 3. The Balaban J connectivity index is 1.62. The number of carbonyl (C=O) groups is 1. The maximum atomic E-state index is 13.9. The largest absolute Gasteiger partial charge is 0.497 e. The fourth-order valence-corrected chi connectivity index (χ4v) is 4.56. The van der Waals surface area contributed by atoms with Gasteiger partial charge < -0.3 is 24.3 Å². The summed E-state index contributed by atoms with van der Waals surface area (Å²) in [6.45, 7) is 0.420. The molecule has 0 saturated heterocycles. The average Bonchev–Trinajstić information content (AvgIpc) is 3.29. The fourth-order valence-electron chi connectivity index (χ4n) is 4.43. The smallest absolute Gasteiger partial charge is 0.323 e. The molecule has 34 heavy (non-hydrogen) atoms. The number of amides is 2. The van der Waals surface area contributed by atoms with Crippen LogP contribution in [-0.2, 0) is 6.54 Å². The molecule has 0 spiro atoms. The van der Waals surface area contributed by atoms with E-state index in [-0.39, 0.29) is 12.1 Å². The Morgan fingerprint density at radius 2 is 1.76 bits per heavy atom. The van der Waals surface area contributed by atoms with E-state index >= 15 is 0 Å². The van der Waals surface area contributed by atoms with Crippen LogP contribution in [0.2, 0.25) is 5.02 Å². The molecule has 3 aromatic carbocycles. The molecular formula is C27H24ClN3O3. The summed E-state index contributed by atoms with van der Waals surface area (Å²) < 4.78 is 13.0. The van der Waals surface area contributed by atoms with Crippen molar-refractivity contribution in [3.05, 3.63) is 107 Å². The summed E-state index contributed by atoms with van der Waals surface area (Å²) >= 11 is 6.18. The molecule has 1 aromatic heterocycles. The first-order valence-corrected chi connectivity index (χ1v) is 11.3. The second kappa shape index (κ2) is 9.15. The van der Waals surface area contributed by atoms with E-state index in [0.29, 0.717) is 28.8 Å². The minimum Gasteiger partial charge on any atom is -0.497 e. The second-order valence-corrected chi connectivity index (χ2v) is 8.45. The molecule has 0 radical (unpaired) electrons. The number of hydrogen-bond donors (Lipinski definition) is 1. The number of ether oxygens (including phenoxy) is 2. The number of fused-ring (bicyclic) bond motifs is 3. The summed E-state index contributed by atoms with van der Waals surface area (Å²) in [5, 5.41) is 3.69. The highest BCUT2D eigenvalue weighted by Crippen LogP contribution is 2.38. The number of urea groups is 1. The van der Waals surface area contributed by atoms with Crippen LogP contribution in [0.4, 0.5) is 10.5 Å². The third-order valence-corrected chi connectivity index (χ3v) is 6.31. The second-order valence-electron chi connectivity index (χ2n) is 8.01. The Bertz CT molecular complexity index is 1330. The Hall–Kier alpha value is -3.90. The topological polar surface area (TPSA) is 55.7 Å². The van der Waals surface area contributed by atoms with Gasteiger partial charge in [-0.3, -0.25) is 0 Å². The van der Waals surface area contributed by atoms with E-state index in [2.05, 4.69) is 22.0 Å². The van der Waals surface area contributed by atoms with Gasteiger partial charge in [-0.15, -0.1) is 0 Å². The Morgan fingerprint density at radius 1 is 0.971 bits per heavy atom. The van der Waals surface area contributed by atoms with Crippen LogP contribution in [0.1, 0.15) is 22.9 Å². The molecule has 0 bridgehead atoms. The summed E-state index contributed by atoms with van der Waals surface area (Å²) in [4.78, 5) is 15.7. The number of rotatable bonds is 4. The van der Waals surface area contributed by atoms with Gasteiger partial charge in [-0.25, -0.2) is 4.79 Å². The monoisotopic (exact) mass is 473 g/mol. The van der Waals surface area contributed by atoms with E-state index in [1.54, 1.807) is 32.4 Å². The predicted octanol–water partition coefficient (Wildman–Crippen LogP) is 6.29. The van der Waals surface area contributed by atoms with E-state index in [1.807, 2.05) is 59.6 Å². The van der Waals surface area contributed by atoms with Gasteiger partial charge in [0.15, 0.2) is 0 Å². The van der Waals surface area contributed by atoms with Gasteiger partial charge >= 0.3 is 6.03 Å². The van der Waals surface area contributed by atoms with Crippen LogP contribution in [0.5, 0.6) is 11.5 Å². The maximum Gasteiger partial charge on any atom is 0.323 e. The third-order valence-electron chi connectivity index (χ3n) is 6.06. The van der Waals surface area contributed by atoms with Crippen molar-refractivity contribution in [1.82, 2.24) is 9.47 Å². The highest BCUT2D eigenvalue weighted by molar-refractivity contribution is 6.30. The van der Waals surface area contributed by atoms with Crippen LogP contribution in [-0.4, -0.2) is 29.7 Å². The van der Waals surface area contributed by atoms with E-state index in [0.717, 1.165) is 22.5 Å². The van der Waals surface area contributed by atoms with Crippen LogP contribution in [0.25, 0.3) is 5.69 Å². The standard InChI is InChI=1S/C27H24ClN3O3/c1-33-21-13-14-25(34-2)22(16-21)29-27(32)31-17-19-6-3-4-7-23(19)30-15-5-8-24(30)26(31)18-9-11-20(28)12-10-18/h3-16,26H,17H2,1-2H3,(H,29,32)/t26-/m0/s1. The highest BCUT2D eigenvalue weighted by Gasteiger charge is 2.33. The molecule has 0 unspecified atom stereocenters. The molecule has 7 heteroatoms. The summed E-state index contributed by atoms with van der Waals surface area (Å²) in [5.74, 6) is 1.18. The van der Waals surface area contributed by atoms with Crippen LogP contribution >= 0.6 is 11.6 Å². The van der Waals surface area contributed by atoms with Gasteiger partial charge in [0.25, 0.3) is 0 Å². The number of nitrogens with one attached hydrogen (secondary N) is 1. The van der Waals surface area contributed by atoms with Crippen molar-refractivity contribution in [2.45, 2.75) is 12.6 Å². The number of para-hydroxylation sites is 1. The Morgan fingerprint density at radius 3 is 2.53 bits per heavy atom. The lowest BCUT2D eigenvalue weighted by atomic mass is 10.0. The zero-order valence-corrected chi connectivity index (χ0v) is 19.6. The van der Waals surface area contributed by atoms with Crippen molar-refractivity contribution in [3.63, 3.8) is 0 Å². The van der Waals surface area contributed by atoms with E-state index in [4.69, 9.17) is 21.1 Å². The van der Waals surface area contributed by atoms with Crippen molar-refractivity contribution in [2.75, 3.05) is 19.5 Å². The van der Waals surface area contributed by atoms with Gasteiger partial charge in [-0.05, 0) is 53.6 Å². The highest BCUT2D eigenvalue weighted by atomic mass is 35.5. The summed E-state index contributed by atoms with van der Waals surface area (Å²) in [6, 6.07) is 24.5. The van der Waals surface area contributed by atoms with Crippen molar-refractivity contribution < 1.29 is 14.3 Å². The number of carbonyl (C=O) groups excluding carboxylic acids is 1. The van der Waals surface area contributed by atoms with Crippen molar-refractivity contribution in [1.29, 1.82) is 0 Å². The molecule has 0 saturated carbocycles. The van der Waals surface area contributed by atoms with Crippen molar-refractivity contribution >= 4 is 23.3 Å². The lowest BCUT2D eigenvalue weighted by Gasteiger charge is -2.31. The number of halogens is 1. The van der Waals surface area contributed by atoms with E-state index in [1.165, 1.54) is 0 Å². The molecular weight excluding hydrogens is 450 g/mol. The number of aromatic nitrogens is 1. The van der Waals surface area contributed by atoms with Gasteiger partial charge in [-0.1, -0.05) is 41.9 Å². The Labute approximate surface area is 203 Å². The predicted molar refractivity (Wildman–Crippen MR) is 133 cm³/mol. The SMILES string of the molecule is COc1ccc(OC)c(NC(=O)N2Cc3ccccc3-n3cccc3[C@@H]2c2ccc(Cl)cc2)c1. The third kappa shape index (κ3) is 3.97. The first-order valence-electron chi connectivity index (χ1n) is 10.9. The molecule has 4 aromatic rings. The molecule has 0 aliphatic carbocycles. The molecule has 2 amide bonds. The summed E-state index contributed by atoms with van der Waals surface area (Å²) in [6.07, 6.45) is 2.03. The molecule has 1 aliphatic rings.